The predicted molar refractivity (Wildman–Crippen MR) is 119 cm³/mol. The molecule has 3 nitrogen and oxygen atoms in total. The summed E-state index contributed by atoms with van der Waals surface area (Å²) in [7, 11) is 0. The van der Waals surface area contributed by atoms with Crippen LogP contribution >= 0.6 is 11.3 Å². The number of ether oxygens (including phenoxy) is 2. The van der Waals surface area contributed by atoms with Gasteiger partial charge in [-0.25, -0.2) is 0 Å². The zero-order valence-corrected chi connectivity index (χ0v) is 17.3. The van der Waals surface area contributed by atoms with Gasteiger partial charge in [0.25, 0.3) is 0 Å². The van der Waals surface area contributed by atoms with Crippen LogP contribution in [0.15, 0.2) is 72.8 Å². The zero-order valence-electron chi connectivity index (χ0n) is 16.5. The maximum Gasteiger partial charge on any atom is 0.195 e. The SMILES string of the molecule is CCOc1ccc(C(=O)c2c(-c3ccccc3)sc3cc(OCC)ccc23)cc1. The number of hydrogen-bond acceptors (Lipinski definition) is 4. The van der Waals surface area contributed by atoms with E-state index in [2.05, 4.69) is 0 Å². The first-order valence-electron chi connectivity index (χ1n) is 9.73. The van der Waals surface area contributed by atoms with Crippen LogP contribution in [0.5, 0.6) is 11.5 Å². The van der Waals surface area contributed by atoms with E-state index in [1.54, 1.807) is 11.3 Å². The minimum atomic E-state index is 0.0160. The van der Waals surface area contributed by atoms with E-state index in [-0.39, 0.29) is 5.78 Å². The average Bonchev–Trinajstić information content (AvgIpc) is 3.14. The fourth-order valence-electron chi connectivity index (χ4n) is 3.37. The predicted octanol–water partition coefficient (Wildman–Crippen LogP) is 6.60. The molecule has 0 N–H and O–H groups in total. The molecule has 0 aliphatic carbocycles. The van der Waals surface area contributed by atoms with Crippen molar-refractivity contribution >= 4 is 27.2 Å². The number of thiophene rings is 1. The molecule has 0 fully saturated rings. The lowest BCUT2D eigenvalue weighted by molar-refractivity contribution is 0.104. The first kappa shape index (κ1) is 19.2. The molecule has 0 bridgehead atoms. The molecule has 0 unspecified atom stereocenters. The number of hydrogen-bond donors (Lipinski definition) is 0. The van der Waals surface area contributed by atoms with Gasteiger partial charge in [0.05, 0.1) is 13.2 Å². The summed E-state index contributed by atoms with van der Waals surface area (Å²) in [5.74, 6) is 1.60. The summed E-state index contributed by atoms with van der Waals surface area (Å²) in [6.45, 7) is 5.12. The van der Waals surface area contributed by atoms with Crippen molar-refractivity contribution in [2.75, 3.05) is 13.2 Å². The average molecular weight is 403 g/mol. The van der Waals surface area contributed by atoms with E-state index in [1.165, 1.54) is 0 Å². The summed E-state index contributed by atoms with van der Waals surface area (Å²) in [5, 5.41) is 0.955. The quantitative estimate of drug-likeness (QED) is 0.327. The molecule has 1 heterocycles. The number of benzene rings is 3. The Balaban J connectivity index is 1.85. The first-order valence-corrected chi connectivity index (χ1v) is 10.5. The Labute approximate surface area is 174 Å². The van der Waals surface area contributed by atoms with Crippen molar-refractivity contribution in [3.05, 3.63) is 83.9 Å². The summed E-state index contributed by atoms with van der Waals surface area (Å²) >= 11 is 1.63. The Hall–Kier alpha value is -3.11. The van der Waals surface area contributed by atoms with Gasteiger partial charge in [0.2, 0.25) is 0 Å². The van der Waals surface area contributed by atoms with Crippen LogP contribution in [0, 0.1) is 0 Å². The summed E-state index contributed by atoms with van der Waals surface area (Å²) < 4.78 is 12.2. The lowest BCUT2D eigenvalue weighted by Crippen LogP contribution is -2.02. The van der Waals surface area contributed by atoms with E-state index in [0.717, 1.165) is 37.6 Å². The monoisotopic (exact) mass is 402 g/mol. The topological polar surface area (TPSA) is 35.5 Å². The molecular formula is C25H22O3S. The van der Waals surface area contributed by atoms with Crippen LogP contribution in [-0.4, -0.2) is 19.0 Å². The molecule has 0 aliphatic heterocycles. The highest BCUT2D eigenvalue weighted by Crippen LogP contribution is 2.41. The minimum Gasteiger partial charge on any atom is -0.494 e. The van der Waals surface area contributed by atoms with Gasteiger partial charge >= 0.3 is 0 Å². The summed E-state index contributed by atoms with van der Waals surface area (Å²) in [4.78, 5) is 14.5. The second-order valence-corrected chi connectivity index (χ2v) is 7.60. The van der Waals surface area contributed by atoms with Crippen molar-refractivity contribution < 1.29 is 14.3 Å². The van der Waals surface area contributed by atoms with Crippen molar-refractivity contribution in [1.29, 1.82) is 0 Å². The third kappa shape index (κ3) is 3.89. The van der Waals surface area contributed by atoms with Crippen molar-refractivity contribution in [1.82, 2.24) is 0 Å². The number of fused-ring (bicyclic) bond motifs is 1. The molecule has 0 atom stereocenters. The van der Waals surface area contributed by atoms with Crippen LogP contribution in [0.2, 0.25) is 0 Å². The maximum atomic E-state index is 13.5. The molecule has 0 saturated carbocycles. The van der Waals surface area contributed by atoms with Crippen LogP contribution in [0.25, 0.3) is 20.5 Å². The third-order valence-electron chi connectivity index (χ3n) is 4.66. The number of ketones is 1. The smallest absolute Gasteiger partial charge is 0.195 e. The molecule has 0 radical (unpaired) electrons. The molecule has 4 rings (SSSR count). The van der Waals surface area contributed by atoms with E-state index in [0.29, 0.717) is 18.8 Å². The molecule has 0 amide bonds. The second-order valence-electron chi connectivity index (χ2n) is 6.55. The highest BCUT2D eigenvalue weighted by molar-refractivity contribution is 7.22. The lowest BCUT2D eigenvalue weighted by atomic mass is 9.97. The molecule has 1 aromatic heterocycles. The van der Waals surface area contributed by atoms with E-state index < -0.39 is 0 Å². The standard InChI is InChI=1S/C25H22O3S/c1-3-27-19-12-10-17(11-13-19)24(26)23-21-15-14-20(28-4-2)16-22(21)29-25(23)18-8-6-5-7-9-18/h5-16H,3-4H2,1-2H3. The van der Waals surface area contributed by atoms with E-state index in [9.17, 15) is 4.79 Å². The third-order valence-corrected chi connectivity index (χ3v) is 5.86. The van der Waals surface area contributed by atoms with Gasteiger partial charge in [-0.3, -0.25) is 4.79 Å². The molecule has 4 heteroatoms. The fourth-order valence-corrected chi connectivity index (χ4v) is 4.60. The summed E-state index contributed by atoms with van der Waals surface area (Å²) in [6.07, 6.45) is 0. The van der Waals surface area contributed by atoms with Gasteiger partial charge < -0.3 is 9.47 Å². The van der Waals surface area contributed by atoms with Crippen LogP contribution < -0.4 is 9.47 Å². The Morgan fingerprint density at radius 1 is 0.828 bits per heavy atom. The highest BCUT2D eigenvalue weighted by atomic mass is 32.1. The molecule has 0 saturated heterocycles. The summed E-state index contributed by atoms with van der Waals surface area (Å²) in [5.41, 5.74) is 2.43. The van der Waals surface area contributed by atoms with Crippen molar-refractivity contribution in [2.24, 2.45) is 0 Å². The summed E-state index contributed by atoms with van der Waals surface area (Å²) in [6, 6.07) is 23.4. The van der Waals surface area contributed by atoms with Gasteiger partial charge in [-0.1, -0.05) is 30.3 Å². The van der Waals surface area contributed by atoms with Crippen LogP contribution in [-0.2, 0) is 0 Å². The van der Waals surface area contributed by atoms with Gasteiger partial charge in [-0.2, -0.15) is 0 Å². The molecule has 0 spiro atoms. The van der Waals surface area contributed by atoms with Crippen molar-refractivity contribution in [2.45, 2.75) is 13.8 Å². The van der Waals surface area contributed by atoms with Crippen LogP contribution in [0.3, 0.4) is 0 Å². The van der Waals surface area contributed by atoms with E-state index in [1.807, 2.05) is 86.6 Å². The molecule has 3 aromatic carbocycles. The Morgan fingerprint density at radius 3 is 2.17 bits per heavy atom. The van der Waals surface area contributed by atoms with E-state index >= 15 is 0 Å². The van der Waals surface area contributed by atoms with E-state index in [4.69, 9.17) is 9.47 Å². The highest BCUT2D eigenvalue weighted by Gasteiger charge is 2.22. The van der Waals surface area contributed by atoms with Gasteiger partial charge in [-0.15, -0.1) is 11.3 Å². The minimum absolute atomic E-state index is 0.0160. The van der Waals surface area contributed by atoms with Crippen LogP contribution in [0.4, 0.5) is 0 Å². The molecule has 146 valence electrons. The van der Waals surface area contributed by atoms with Crippen LogP contribution in [0.1, 0.15) is 29.8 Å². The molecular weight excluding hydrogens is 380 g/mol. The maximum absolute atomic E-state index is 13.5. The largest absolute Gasteiger partial charge is 0.494 e. The lowest BCUT2D eigenvalue weighted by Gasteiger charge is -2.07. The van der Waals surface area contributed by atoms with Gasteiger partial charge in [0, 0.05) is 26.1 Å². The Bertz CT molecular complexity index is 1130. The Kier molecular flexibility index (Phi) is 5.63. The van der Waals surface area contributed by atoms with Gasteiger partial charge in [0.1, 0.15) is 11.5 Å². The second kappa shape index (κ2) is 8.50. The van der Waals surface area contributed by atoms with Gasteiger partial charge in [0.15, 0.2) is 5.78 Å². The number of rotatable bonds is 7. The van der Waals surface area contributed by atoms with Gasteiger partial charge in [-0.05, 0) is 61.9 Å². The molecule has 4 aromatic rings. The fraction of sp³-hybridized carbons (Fsp3) is 0.160. The first-order chi connectivity index (χ1) is 14.2. The number of carbonyl (C=O) groups is 1. The molecule has 0 aliphatic rings. The van der Waals surface area contributed by atoms with Crippen molar-refractivity contribution in [3.8, 4) is 21.9 Å². The molecule has 29 heavy (non-hydrogen) atoms. The zero-order chi connectivity index (χ0) is 20.2. The normalized spacial score (nSPS) is 10.8. The Morgan fingerprint density at radius 2 is 1.48 bits per heavy atom. The van der Waals surface area contributed by atoms with Crippen molar-refractivity contribution in [3.63, 3.8) is 0 Å². The number of carbonyl (C=O) groups excluding carboxylic acids is 1.